The van der Waals surface area contributed by atoms with Crippen molar-refractivity contribution in [2.45, 2.75) is 65.6 Å². The molecule has 0 aromatic heterocycles. The predicted molar refractivity (Wildman–Crippen MR) is 145 cm³/mol. The molecule has 3 aromatic carbocycles. The van der Waals surface area contributed by atoms with E-state index in [1.54, 1.807) is 12.0 Å². The van der Waals surface area contributed by atoms with Crippen molar-refractivity contribution in [2.75, 3.05) is 7.11 Å². The number of ether oxygens (including phenoxy) is 1. The molecule has 5 heteroatoms. The topological polar surface area (TPSA) is 58.6 Å². The number of hydrogen-bond donors (Lipinski definition) is 1. The average Bonchev–Trinajstić information content (AvgIpc) is 2.88. The van der Waals surface area contributed by atoms with Crippen LogP contribution in [0.15, 0.2) is 72.8 Å². The molecule has 0 aliphatic rings. The molecular weight excluding hydrogens is 448 g/mol. The van der Waals surface area contributed by atoms with Crippen LogP contribution in [-0.2, 0) is 29.0 Å². The lowest BCUT2D eigenvalue weighted by Gasteiger charge is -2.32. The molecule has 0 unspecified atom stereocenters. The van der Waals surface area contributed by atoms with E-state index < -0.39 is 6.04 Å². The summed E-state index contributed by atoms with van der Waals surface area (Å²) >= 11 is 0. The molecule has 0 fully saturated rings. The predicted octanol–water partition coefficient (Wildman–Crippen LogP) is 5.41. The van der Waals surface area contributed by atoms with Crippen LogP contribution in [0.2, 0.25) is 0 Å². The van der Waals surface area contributed by atoms with Crippen molar-refractivity contribution in [3.63, 3.8) is 0 Å². The van der Waals surface area contributed by atoms with Crippen LogP contribution in [0.4, 0.5) is 0 Å². The van der Waals surface area contributed by atoms with E-state index in [9.17, 15) is 9.59 Å². The molecule has 0 aliphatic heterocycles. The number of hydrogen-bond acceptors (Lipinski definition) is 3. The summed E-state index contributed by atoms with van der Waals surface area (Å²) < 4.78 is 5.40. The van der Waals surface area contributed by atoms with Gasteiger partial charge in [-0.2, -0.15) is 0 Å². The van der Waals surface area contributed by atoms with E-state index >= 15 is 0 Å². The fourth-order valence-corrected chi connectivity index (χ4v) is 4.15. The number of nitrogens with zero attached hydrogens (tertiary/aromatic N) is 1. The van der Waals surface area contributed by atoms with Crippen molar-refractivity contribution >= 4 is 11.8 Å². The van der Waals surface area contributed by atoms with Crippen LogP contribution >= 0.6 is 0 Å². The molecule has 3 rings (SSSR count). The molecule has 5 nitrogen and oxygen atoms in total. The number of rotatable bonds is 11. The SMILES string of the molecule is CC[C@H](C)NC(=O)[C@H](Cc1ccccc1)N(Cc1cccc(OC)c1)C(=O)Cc1ccc(C)c(C)c1. The normalized spacial score (nSPS) is 12.5. The van der Waals surface area contributed by atoms with Crippen LogP contribution in [0, 0.1) is 13.8 Å². The van der Waals surface area contributed by atoms with Crippen LogP contribution in [0.3, 0.4) is 0 Å². The zero-order valence-corrected chi connectivity index (χ0v) is 22.1. The van der Waals surface area contributed by atoms with E-state index in [0.717, 1.165) is 34.4 Å². The van der Waals surface area contributed by atoms with Gasteiger partial charge in [0.2, 0.25) is 11.8 Å². The van der Waals surface area contributed by atoms with Gasteiger partial charge in [0.05, 0.1) is 13.5 Å². The minimum Gasteiger partial charge on any atom is -0.497 e. The zero-order chi connectivity index (χ0) is 26.1. The highest BCUT2D eigenvalue weighted by atomic mass is 16.5. The molecule has 190 valence electrons. The van der Waals surface area contributed by atoms with Gasteiger partial charge in [0.25, 0.3) is 0 Å². The lowest BCUT2D eigenvalue weighted by Crippen LogP contribution is -2.52. The Morgan fingerprint density at radius 1 is 0.889 bits per heavy atom. The van der Waals surface area contributed by atoms with E-state index in [-0.39, 0.29) is 24.3 Å². The molecule has 0 saturated heterocycles. The Morgan fingerprint density at radius 3 is 2.28 bits per heavy atom. The number of amides is 2. The summed E-state index contributed by atoms with van der Waals surface area (Å²) in [4.78, 5) is 29.2. The number of carbonyl (C=O) groups is 2. The maximum atomic E-state index is 13.9. The number of methoxy groups -OCH3 is 1. The molecule has 3 aromatic rings. The van der Waals surface area contributed by atoms with Gasteiger partial charge in [-0.1, -0.05) is 67.6 Å². The van der Waals surface area contributed by atoms with Crippen molar-refractivity contribution in [2.24, 2.45) is 0 Å². The third kappa shape index (κ3) is 7.45. The molecule has 0 bridgehead atoms. The summed E-state index contributed by atoms with van der Waals surface area (Å²) in [7, 11) is 1.62. The standard InChI is InChI=1S/C31H38N2O3/c1-6-24(4)32-31(35)29(19-25-11-8-7-9-12-25)33(21-27-13-10-14-28(18-27)36-5)30(34)20-26-16-15-22(2)23(3)17-26/h7-18,24,29H,6,19-21H2,1-5H3,(H,32,35)/t24-,29-/m0/s1. The second-order valence-corrected chi connectivity index (χ2v) is 9.49. The maximum absolute atomic E-state index is 13.9. The van der Waals surface area contributed by atoms with Crippen LogP contribution in [0.25, 0.3) is 0 Å². The van der Waals surface area contributed by atoms with Gasteiger partial charge in [-0.15, -0.1) is 0 Å². The number of carbonyl (C=O) groups excluding carboxylic acids is 2. The van der Waals surface area contributed by atoms with Gasteiger partial charge in [-0.05, 0) is 67.1 Å². The first-order valence-corrected chi connectivity index (χ1v) is 12.6. The largest absolute Gasteiger partial charge is 0.497 e. The van der Waals surface area contributed by atoms with Crippen LogP contribution in [0.1, 0.15) is 48.1 Å². The molecule has 0 saturated carbocycles. The van der Waals surface area contributed by atoms with Crippen LogP contribution < -0.4 is 10.1 Å². The Labute approximate surface area is 215 Å². The minimum atomic E-state index is -0.647. The van der Waals surface area contributed by atoms with Crippen LogP contribution in [-0.4, -0.2) is 35.9 Å². The minimum absolute atomic E-state index is 0.0179. The van der Waals surface area contributed by atoms with Gasteiger partial charge in [0, 0.05) is 19.0 Å². The van der Waals surface area contributed by atoms with Crippen molar-refractivity contribution in [3.8, 4) is 5.75 Å². The highest BCUT2D eigenvalue weighted by Gasteiger charge is 2.31. The zero-order valence-electron chi connectivity index (χ0n) is 22.1. The molecule has 0 heterocycles. The fourth-order valence-electron chi connectivity index (χ4n) is 4.15. The fraction of sp³-hybridized carbons (Fsp3) is 0.355. The molecular formula is C31H38N2O3. The van der Waals surface area contributed by atoms with Crippen molar-refractivity contribution in [1.82, 2.24) is 10.2 Å². The summed E-state index contributed by atoms with van der Waals surface area (Å²) in [6.07, 6.45) is 1.48. The smallest absolute Gasteiger partial charge is 0.243 e. The van der Waals surface area contributed by atoms with E-state index in [2.05, 4.69) is 25.2 Å². The summed E-state index contributed by atoms with van der Waals surface area (Å²) in [6, 6.07) is 23.0. The molecule has 0 spiro atoms. The summed E-state index contributed by atoms with van der Waals surface area (Å²) in [5, 5.41) is 3.12. The third-order valence-electron chi connectivity index (χ3n) is 6.69. The number of aryl methyl sites for hydroxylation is 2. The molecule has 0 aliphatic carbocycles. The second-order valence-electron chi connectivity index (χ2n) is 9.49. The lowest BCUT2D eigenvalue weighted by molar-refractivity contribution is -0.141. The van der Waals surface area contributed by atoms with Gasteiger partial charge < -0.3 is 15.0 Å². The molecule has 2 atom stereocenters. The molecule has 36 heavy (non-hydrogen) atoms. The Kier molecular flexibility index (Phi) is 9.69. The quantitative estimate of drug-likeness (QED) is 0.394. The summed E-state index contributed by atoms with van der Waals surface area (Å²) in [6.45, 7) is 8.45. The Bertz CT molecular complexity index is 1160. The van der Waals surface area contributed by atoms with Crippen molar-refractivity contribution in [1.29, 1.82) is 0 Å². The van der Waals surface area contributed by atoms with Crippen molar-refractivity contribution in [3.05, 3.63) is 101 Å². The lowest BCUT2D eigenvalue weighted by atomic mass is 10.00. The van der Waals surface area contributed by atoms with Gasteiger partial charge >= 0.3 is 0 Å². The first kappa shape index (κ1) is 27.0. The highest BCUT2D eigenvalue weighted by Crippen LogP contribution is 2.20. The van der Waals surface area contributed by atoms with E-state index in [1.165, 1.54) is 5.56 Å². The molecule has 2 amide bonds. The highest BCUT2D eigenvalue weighted by molar-refractivity contribution is 5.89. The maximum Gasteiger partial charge on any atom is 0.243 e. The summed E-state index contributed by atoms with van der Waals surface area (Å²) in [5.41, 5.74) is 5.21. The van der Waals surface area contributed by atoms with Gasteiger partial charge in [0.15, 0.2) is 0 Å². The van der Waals surface area contributed by atoms with Gasteiger partial charge in [-0.3, -0.25) is 9.59 Å². The Hall–Kier alpha value is -3.60. The molecule has 0 radical (unpaired) electrons. The van der Waals surface area contributed by atoms with E-state index in [0.29, 0.717) is 13.0 Å². The number of benzene rings is 3. The van der Waals surface area contributed by atoms with Crippen molar-refractivity contribution < 1.29 is 14.3 Å². The first-order valence-electron chi connectivity index (χ1n) is 12.6. The number of nitrogens with one attached hydrogen (secondary N) is 1. The van der Waals surface area contributed by atoms with Gasteiger partial charge in [-0.25, -0.2) is 0 Å². The summed E-state index contributed by atoms with van der Waals surface area (Å²) in [5.74, 6) is 0.503. The van der Waals surface area contributed by atoms with E-state index in [4.69, 9.17) is 4.74 Å². The first-order chi connectivity index (χ1) is 17.3. The molecule has 1 N–H and O–H groups in total. The Morgan fingerprint density at radius 2 is 1.61 bits per heavy atom. The van der Waals surface area contributed by atoms with E-state index in [1.807, 2.05) is 80.6 Å². The Balaban J connectivity index is 1.99. The monoisotopic (exact) mass is 486 g/mol. The second kappa shape index (κ2) is 12.9. The average molecular weight is 487 g/mol. The van der Waals surface area contributed by atoms with Crippen LogP contribution in [0.5, 0.6) is 5.75 Å². The third-order valence-corrected chi connectivity index (χ3v) is 6.69. The van der Waals surface area contributed by atoms with Gasteiger partial charge in [0.1, 0.15) is 11.8 Å².